The van der Waals surface area contributed by atoms with Crippen LogP contribution < -0.4 is 10.1 Å². The molecule has 1 heterocycles. The number of rotatable bonds is 5. The number of halogens is 4. The number of benzene rings is 2. The highest BCUT2D eigenvalue weighted by Gasteiger charge is 2.33. The smallest absolute Gasteiger partial charge is 0.417 e. The highest BCUT2D eigenvalue weighted by molar-refractivity contribution is 6.31. The average Bonchev–Trinajstić information content (AvgIpc) is 3.13. The fourth-order valence-corrected chi connectivity index (χ4v) is 2.64. The van der Waals surface area contributed by atoms with Crippen LogP contribution in [0.15, 0.2) is 53.1 Å². The molecule has 5 nitrogen and oxygen atoms in total. The van der Waals surface area contributed by atoms with Gasteiger partial charge in [-0.2, -0.15) is 13.2 Å². The van der Waals surface area contributed by atoms with E-state index in [-0.39, 0.29) is 11.4 Å². The van der Waals surface area contributed by atoms with Gasteiger partial charge in [0.1, 0.15) is 5.75 Å². The van der Waals surface area contributed by atoms with Gasteiger partial charge in [0.25, 0.3) is 5.91 Å². The highest BCUT2D eigenvalue weighted by Crippen LogP contribution is 2.36. The molecule has 2 aromatic carbocycles. The van der Waals surface area contributed by atoms with Crippen molar-refractivity contribution in [1.82, 2.24) is 5.16 Å². The first kappa shape index (κ1) is 19.8. The van der Waals surface area contributed by atoms with Crippen molar-refractivity contribution >= 4 is 23.2 Å². The zero-order chi connectivity index (χ0) is 20.3. The number of hydrogen-bond acceptors (Lipinski definition) is 4. The van der Waals surface area contributed by atoms with Crippen molar-refractivity contribution in [3.8, 4) is 17.1 Å². The van der Waals surface area contributed by atoms with Crippen LogP contribution in [0, 0.1) is 0 Å². The summed E-state index contributed by atoms with van der Waals surface area (Å²) in [4.78, 5) is 12.3. The van der Waals surface area contributed by atoms with Gasteiger partial charge in [-0.1, -0.05) is 16.8 Å². The largest absolute Gasteiger partial charge is 0.494 e. The van der Waals surface area contributed by atoms with Gasteiger partial charge in [-0.05, 0) is 49.4 Å². The topological polar surface area (TPSA) is 64.4 Å². The summed E-state index contributed by atoms with van der Waals surface area (Å²) in [6.07, 6.45) is -4.63. The molecular formula is C19H14ClF3N2O3. The molecule has 3 rings (SSSR count). The predicted molar refractivity (Wildman–Crippen MR) is 97.5 cm³/mol. The molecule has 0 bridgehead atoms. The predicted octanol–water partition coefficient (Wildman–Crippen LogP) is 5.66. The fraction of sp³-hybridized carbons (Fsp3) is 0.158. The summed E-state index contributed by atoms with van der Waals surface area (Å²) < 4.78 is 49.3. The van der Waals surface area contributed by atoms with Crippen molar-refractivity contribution < 1.29 is 27.2 Å². The van der Waals surface area contributed by atoms with Crippen molar-refractivity contribution in [2.45, 2.75) is 13.1 Å². The molecule has 0 unspecified atom stereocenters. The van der Waals surface area contributed by atoms with E-state index in [0.29, 0.717) is 23.7 Å². The van der Waals surface area contributed by atoms with Gasteiger partial charge < -0.3 is 14.6 Å². The summed E-state index contributed by atoms with van der Waals surface area (Å²) in [6, 6.07) is 11.4. The molecule has 0 fully saturated rings. The van der Waals surface area contributed by atoms with Crippen molar-refractivity contribution in [2.75, 3.05) is 11.9 Å². The maximum atomic E-state index is 12.9. The maximum absolute atomic E-state index is 12.9. The highest BCUT2D eigenvalue weighted by atomic mass is 35.5. The number of nitrogens with one attached hydrogen (secondary N) is 1. The molecule has 0 spiro atoms. The van der Waals surface area contributed by atoms with Gasteiger partial charge in [0.2, 0.25) is 0 Å². The second kappa shape index (κ2) is 7.93. The van der Waals surface area contributed by atoms with E-state index in [1.54, 1.807) is 24.3 Å². The third-order valence-electron chi connectivity index (χ3n) is 3.72. The lowest BCUT2D eigenvalue weighted by atomic mass is 10.1. The summed E-state index contributed by atoms with van der Waals surface area (Å²) in [6.45, 7) is 2.40. The summed E-state index contributed by atoms with van der Waals surface area (Å²) in [5.41, 5.74) is -0.511. The van der Waals surface area contributed by atoms with E-state index in [9.17, 15) is 18.0 Å². The number of aromatic nitrogens is 1. The molecular weight excluding hydrogens is 397 g/mol. The standard InChI is InChI=1S/C19H14ClF3N2O3/c1-2-27-13-6-3-11(4-7-13)17-10-16(25-28-17)18(26)24-12-5-8-15(20)14(9-12)19(21,22)23/h3-10H,2H2,1H3,(H,24,26). The van der Waals surface area contributed by atoms with Gasteiger partial charge in [-0.3, -0.25) is 4.79 Å². The summed E-state index contributed by atoms with van der Waals surface area (Å²) in [5.74, 6) is 0.309. The van der Waals surface area contributed by atoms with E-state index in [1.807, 2.05) is 6.92 Å². The Hall–Kier alpha value is -3.00. The van der Waals surface area contributed by atoms with Crippen LogP contribution in [0.3, 0.4) is 0 Å². The van der Waals surface area contributed by atoms with Crippen LogP contribution in [-0.4, -0.2) is 17.7 Å². The average molecular weight is 411 g/mol. The Kier molecular flexibility index (Phi) is 5.60. The number of carbonyl (C=O) groups is 1. The second-order valence-corrected chi connectivity index (χ2v) is 6.09. The number of anilines is 1. The molecule has 0 saturated heterocycles. The van der Waals surface area contributed by atoms with Crippen LogP contribution in [0.1, 0.15) is 23.0 Å². The van der Waals surface area contributed by atoms with Gasteiger partial charge in [0, 0.05) is 17.3 Å². The Morgan fingerprint density at radius 3 is 2.54 bits per heavy atom. The van der Waals surface area contributed by atoms with Crippen molar-refractivity contribution in [3.05, 3.63) is 64.8 Å². The zero-order valence-electron chi connectivity index (χ0n) is 14.5. The molecule has 1 N–H and O–H groups in total. The Morgan fingerprint density at radius 1 is 1.18 bits per heavy atom. The van der Waals surface area contributed by atoms with Crippen LogP contribution in [-0.2, 0) is 6.18 Å². The molecule has 146 valence electrons. The van der Waals surface area contributed by atoms with Crippen LogP contribution in [0.4, 0.5) is 18.9 Å². The van der Waals surface area contributed by atoms with E-state index < -0.39 is 22.7 Å². The molecule has 3 aromatic rings. The summed E-state index contributed by atoms with van der Waals surface area (Å²) in [7, 11) is 0. The molecule has 0 aliphatic heterocycles. The number of nitrogens with zero attached hydrogens (tertiary/aromatic N) is 1. The summed E-state index contributed by atoms with van der Waals surface area (Å²) >= 11 is 5.57. The molecule has 0 aliphatic carbocycles. The number of hydrogen-bond donors (Lipinski definition) is 1. The number of carbonyl (C=O) groups excluding carboxylic acids is 1. The monoisotopic (exact) mass is 410 g/mol. The first-order valence-corrected chi connectivity index (χ1v) is 8.53. The molecule has 9 heteroatoms. The lowest BCUT2D eigenvalue weighted by Crippen LogP contribution is -2.13. The summed E-state index contributed by atoms with van der Waals surface area (Å²) in [5, 5.41) is 5.56. The van der Waals surface area contributed by atoms with Crippen molar-refractivity contribution in [1.29, 1.82) is 0 Å². The van der Waals surface area contributed by atoms with E-state index in [4.69, 9.17) is 20.9 Å². The Morgan fingerprint density at radius 2 is 1.89 bits per heavy atom. The minimum Gasteiger partial charge on any atom is -0.494 e. The third kappa shape index (κ3) is 4.45. The number of ether oxygens (including phenoxy) is 1. The Labute approximate surface area is 163 Å². The molecule has 0 saturated carbocycles. The SMILES string of the molecule is CCOc1ccc(-c2cc(C(=O)Nc3ccc(Cl)c(C(F)(F)F)c3)no2)cc1. The Balaban J connectivity index is 1.76. The first-order chi connectivity index (χ1) is 13.3. The lowest BCUT2D eigenvalue weighted by molar-refractivity contribution is -0.137. The van der Waals surface area contributed by atoms with Crippen LogP contribution in [0.2, 0.25) is 5.02 Å². The molecule has 1 amide bonds. The quantitative estimate of drug-likeness (QED) is 0.589. The zero-order valence-corrected chi connectivity index (χ0v) is 15.3. The van der Waals surface area contributed by atoms with Gasteiger partial charge in [0.15, 0.2) is 11.5 Å². The van der Waals surface area contributed by atoms with Gasteiger partial charge >= 0.3 is 6.18 Å². The minimum atomic E-state index is -4.63. The van der Waals surface area contributed by atoms with Crippen molar-refractivity contribution in [2.24, 2.45) is 0 Å². The third-order valence-corrected chi connectivity index (χ3v) is 4.05. The van der Waals surface area contributed by atoms with Gasteiger partial charge in [0.05, 0.1) is 17.2 Å². The van der Waals surface area contributed by atoms with Crippen LogP contribution in [0.25, 0.3) is 11.3 Å². The number of alkyl halides is 3. The maximum Gasteiger partial charge on any atom is 0.417 e. The molecule has 0 atom stereocenters. The normalized spacial score (nSPS) is 11.3. The Bertz CT molecular complexity index is 985. The van der Waals surface area contributed by atoms with Gasteiger partial charge in [-0.15, -0.1) is 0 Å². The van der Waals surface area contributed by atoms with E-state index in [0.717, 1.165) is 12.1 Å². The van der Waals surface area contributed by atoms with Crippen LogP contribution >= 0.6 is 11.6 Å². The van der Waals surface area contributed by atoms with E-state index in [2.05, 4.69) is 10.5 Å². The van der Waals surface area contributed by atoms with Crippen molar-refractivity contribution in [3.63, 3.8) is 0 Å². The minimum absolute atomic E-state index is 0.0626. The second-order valence-electron chi connectivity index (χ2n) is 5.68. The molecule has 0 radical (unpaired) electrons. The van der Waals surface area contributed by atoms with Crippen LogP contribution in [0.5, 0.6) is 5.75 Å². The fourth-order valence-electron chi connectivity index (χ4n) is 2.42. The van der Waals surface area contributed by atoms with E-state index >= 15 is 0 Å². The number of amides is 1. The first-order valence-electron chi connectivity index (χ1n) is 8.16. The lowest BCUT2D eigenvalue weighted by Gasteiger charge is -2.11. The van der Waals surface area contributed by atoms with Gasteiger partial charge in [-0.25, -0.2) is 0 Å². The van der Waals surface area contributed by atoms with E-state index in [1.165, 1.54) is 12.1 Å². The molecule has 0 aliphatic rings. The molecule has 28 heavy (non-hydrogen) atoms. The molecule has 1 aromatic heterocycles.